The molecule has 1 aromatic carbocycles. The number of anilines is 2. The average Bonchev–Trinajstić information content (AvgIpc) is 2.65. The minimum absolute atomic E-state index is 0.0687. The fraction of sp³-hybridized carbons (Fsp3) is 0.556. The van der Waals surface area contributed by atoms with Crippen LogP contribution in [0.25, 0.3) is 0 Å². The summed E-state index contributed by atoms with van der Waals surface area (Å²) in [7, 11) is 3.03. The van der Waals surface area contributed by atoms with Gasteiger partial charge in [-0.05, 0) is 31.7 Å². The van der Waals surface area contributed by atoms with Crippen LogP contribution >= 0.6 is 0 Å². The van der Waals surface area contributed by atoms with Gasteiger partial charge >= 0.3 is 12.1 Å². The van der Waals surface area contributed by atoms with Gasteiger partial charge in [0.25, 0.3) is 5.69 Å². The molecule has 0 unspecified atom stereocenters. The monoisotopic (exact) mass is 414 g/mol. The SMILES string of the molecule is CN(CC#N)c1cc(N(C)C2CCC(C(F)(F)F)CC2)c([N+](=O)[O-])cc1C(=O)O. The van der Waals surface area contributed by atoms with Crippen LogP contribution in [0.1, 0.15) is 36.0 Å². The van der Waals surface area contributed by atoms with Crippen LogP contribution < -0.4 is 9.80 Å². The van der Waals surface area contributed by atoms with Crippen LogP contribution in [0.5, 0.6) is 0 Å². The Kier molecular flexibility index (Phi) is 6.56. The van der Waals surface area contributed by atoms with Crippen molar-refractivity contribution in [1.82, 2.24) is 0 Å². The van der Waals surface area contributed by atoms with E-state index in [2.05, 4.69) is 0 Å². The van der Waals surface area contributed by atoms with Crippen molar-refractivity contribution >= 4 is 23.0 Å². The number of hydrogen-bond donors (Lipinski definition) is 1. The molecule has 1 N–H and O–H groups in total. The second-order valence-electron chi connectivity index (χ2n) is 7.09. The predicted molar refractivity (Wildman–Crippen MR) is 99.1 cm³/mol. The molecule has 1 aliphatic carbocycles. The van der Waals surface area contributed by atoms with Gasteiger partial charge in [-0.2, -0.15) is 18.4 Å². The Morgan fingerprint density at radius 3 is 2.31 bits per heavy atom. The Hall–Kier alpha value is -3.03. The van der Waals surface area contributed by atoms with Crippen molar-refractivity contribution in [3.05, 3.63) is 27.8 Å². The maximum Gasteiger partial charge on any atom is 0.391 e. The summed E-state index contributed by atoms with van der Waals surface area (Å²) in [5.74, 6) is -2.76. The molecule has 1 fully saturated rings. The molecule has 0 spiro atoms. The summed E-state index contributed by atoms with van der Waals surface area (Å²) in [5, 5.41) is 29.9. The zero-order valence-electron chi connectivity index (χ0n) is 15.9. The number of carbonyl (C=O) groups is 1. The summed E-state index contributed by atoms with van der Waals surface area (Å²) in [5.41, 5.74) is -0.546. The van der Waals surface area contributed by atoms with Gasteiger partial charge in [-0.15, -0.1) is 0 Å². The van der Waals surface area contributed by atoms with Gasteiger partial charge in [0.05, 0.1) is 28.2 Å². The lowest BCUT2D eigenvalue weighted by Gasteiger charge is -2.36. The largest absolute Gasteiger partial charge is 0.478 e. The molecule has 0 aromatic heterocycles. The van der Waals surface area contributed by atoms with Crippen LogP contribution in [0.15, 0.2) is 12.1 Å². The van der Waals surface area contributed by atoms with Crippen molar-refractivity contribution in [3.8, 4) is 6.07 Å². The second kappa shape index (κ2) is 8.55. The summed E-state index contributed by atoms with van der Waals surface area (Å²) in [6, 6.07) is 3.77. The Balaban J connectivity index is 2.42. The van der Waals surface area contributed by atoms with E-state index < -0.39 is 28.7 Å². The van der Waals surface area contributed by atoms with Gasteiger partial charge in [-0.1, -0.05) is 0 Å². The van der Waals surface area contributed by atoms with Gasteiger partial charge in [-0.3, -0.25) is 10.1 Å². The van der Waals surface area contributed by atoms with Crippen LogP contribution in [-0.4, -0.2) is 48.9 Å². The van der Waals surface area contributed by atoms with E-state index in [9.17, 15) is 33.2 Å². The lowest BCUT2D eigenvalue weighted by Crippen LogP contribution is -2.38. The molecule has 8 nitrogen and oxygen atoms in total. The van der Waals surface area contributed by atoms with E-state index >= 15 is 0 Å². The molecule has 1 aromatic rings. The number of alkyl halides is 3. The smallest absolute Gasteiger partial charge is 0.391 e. The minimum atomic E-state index is -4.26. The molecule has 158 valence electrons. The van der Waals surface area contributed by atoms with Gasteiger partial charge < -0.3 is 14.9 Å². The number of carboxylic acid groups (broad SMARTS) is 1. The number of rotatable bonds is 6. The average molecular weight is 414 g/mol. The molecule has 0 saturated heterocycles. The zero-order valence-corrected chi connectivity index (χ0v) is 15.9. The van der Waals surface area contributed by atoms with Crippen molar-refractivity contribution < 1.29 is 28.0 Å². The Morgan fingerprint density at radius 1 is 1.28 bits per heavy atom. The highest BCUT2D eigenvalue weighted by Gasteiger charge is 2.42. The van der Waals surface area contributed by atoms with Crippen molar-refractivity contribution in [2.24, 2.45) is 5.92 Å². The van der Waals surface area contributed by atoms with Crippen molar-refractivity contribution in [1.29, 1.82) is 5.26 Å². The molecule has 29 heavy (non-hydrogen) atoms. The van der Waals surface area contributed by atoms with Crippen LogP contribution in [-0.2, 0) is 0 Å². The maximum atomic E-state index is 12.9. The lowest BCUT2D eigenvalue weighted by molar-refractivity contribution is -0.384. The summed E-state index contributed by atoms with van der Waals surface area (Å²) in [6.07, 6.45) is -3.98. The molecule has 1 saturated carbocycles. The van der Waals surface area contributed by atoms with Gasteiger partial charge in [-0.25, -0.2) is 4.79 Å². The molecule has 0 atom stereocenters. The molecular weight excluding hydrogens is 393 g/mol. The van der Waals surface area contributed by atoms with E-state index in [0.29, 0.717) is 0 Å². The van der Waals surface area contributed by atoms with Gasteiger partial charge in [0.2, 0.25) is 0 Å². The molecule has 11 heteroatoms. The fourth-order valence-electron chi connectivity index (χ4n) is 3.66. The van der Waals surface area contributed by atoms with E-state index in [1.165, 1.54) is 18.0 Å². The molecule has 2 rings (SSSR count). The normalized spacial score (nSPS) is 19.3. The van der Waals surface area contributed by atoms with E-state index in [1.807, 2.05) is 6.07 Å². The number of nitro benzene ring substituents is 1. The predicted octanol–water partition coefficient (Wildman–Crippen LogP) is 3.81. The summed E-state index contributed by atoms with van der Waals surface area (Å²) >= 11 is 0. The van der Waals surface area contributed by atoms with Crippen molar-refractivity contribution in [2.75, 3.05) is 30.4 Å². The number of nitriles is 1. The highest BCUT2D eigenvalue weighted by atomic mass is 19.4. The first-order valence-corrected chi connectivity index (χ1v) is 8.90. The number of nitro groups is 1. The fourth-order valence-corrected chi connectivity index (χ4v) is 3.66. The molecule has 1 aliphatic rings. The summed E-state index contributed by atoms with van der Waals surface area (Å²) in [4.78, 5) is 25.3. The first-order chi connectivity index (χ1) is 13.5. The number of hydrogen-bond acceptors (Lipinski definition) is 6. The number of halogens is 3. The standard InChI is InChI=1S/C18H21F3N4O4/c1-23(8-7-22)14-10-15(16(25(28)29)9-13(14)17(26)27)24(2)12-5-3-11(4-6-12)18(19,20)21/h9-12H,3-6,8H2,1-2H3,(H,26,27). The zero-order chi connectivity index (χ0) is 21.9. The first-order valence-electron chi connectivity index (χ1n) is 8.90. The van der Waals surface area contributed by atoms with Crippen LogP contribution in [0.4, 0.5) is 30.2 Å². The van der Waals surface area contributed by atoms with Crippen molar-refractivity contribution in [3.63, 3.8) is 0 Å². The molecule has 0 radical (unpaired) electrons. The number of aromatic carboxylic acids is 1. The van der Waals surface area contributed by atoms with Crippen LogP contribution in [0.3, 0.4) is 0 Å². The van der Waals surface area contributed by atoms with Gasteiger partial charge in [0, 0.05) is 26.2 Å². The number of nitrogens with zero attached hydrogens (tertiary/aromatic N) is 4. The molecule has 0 bridgehead atoms. The third-order valence-electron chi connectivity index (χ3n) is 5.33. The third-order valence-corrected chi connectivity index (χ3v) is 5.33. The van der Waals surface area contributed by atoms with E-state index in [4.69, 9.17) is 5.26 Å². The highest BCUT2D eigenvalue weighted by molar-refractivity contribution is 5.97. The lowest BCUT2D eigenvalue weighted by atomic mass is 9.85. The molecule has 0 aliphatic heterocycles. The Labute approximate surface area is 165 Å². The van der Waals surface area contributed by atoms with Crippen LogP contribution in [0, 0.1) is 27.4 Å². The van der Waals surface area contributed by atoms with Crippen LogP contribution in [0.2, 0.25) is 0 Å². The summed E-state index contributed by atoms with van der Waals surface area (Å²) in [6.45, 7) is -0.141. The first kappa shape index (κ1) is 22.3. The summed E-state index contributed by atoms with van der Waals surface area (Å²) < 4.78 is 38.7. The Morgan fingerprint density at radius 2 is 1.86 bits per heavy atom. The van der Waals surface area contributed by atoms with E-state index in [1.54, 1.807) is 11.9 Å². The number of benzene rings is 1. The quantitative estimate of drug-likeness (QED) is 0.428. The maximum absolute atomic E-state index is 12.9. The van der Waals surface area contributed by atoms with E-state index in [0.717, 1.165) is 6.07 Å². The van der Waals surface area contributed by atoms with E-state index in [-0.39, 0.29) is 55.2 Å². The molecule has 0 heterocycles. The van der Waals surface area contributed by atoms with Gasteiger partial charge in [0.15, 0.2) is 0 Å². The van der Waals surface area contributed by atoms with Crippen molar-refractivity contribution in [2.45, 2.75) is 37.9 Å². The number of carboxylic acids is 1. The molecule has 0 amide bonds. The second-order valence-corrected chi connectivity index (χ2v) is 7.09. The Bertz CT molecular complexity index is 830. The molecular formula is C18H21F3N4O4. The topological polar surface area (TPSA) is 111 Å². The highest BCUT2D eigenvalue weighted by Crippen LogP contribution is 2.42. The van der Waals surface area contributed by atoms with Gasteiger partial charge in [0.1, 0.15) is 12.2 Å². The third kappa shape index (κ3) is 4.88. The minimum Gasteiger partial charge on any atom is -0.478 e.